The molecule has 146 valence electrons. The number of hydrogen-bond acceptors (Lipinski definition) is 4. The molecule has 4 rings (SSSR count). The van der Waals surface area contributed by atoms with Crippen molar-refractivity contribution in [3.05, 3.63) is 97.8 Å². The van der Waals surface area contributed by atoms with E-state index in [2.05, 4.69) is 15.9 Å². The van der Waals surface area contributed by atoms with E-state index in [0.29, 0.717) is 39.9 Å². The van der Waals surface area contributed by atoms with Crippen molar-refractivity contribution >= 4 is 38.5 Å². The van der Waals surface area contributed by atoms with Crippen LogP contribution in [0, 0.1) is 6.92 Å². The Morgan fingerprint density at radius 1 is 0.966 bits per heavy atom. The molecule has 0 bridgehead atoms. The minimum Gasteiger partial charge on any atom is -0.489 e. The van der Waals surface area contributed by atoms with E-state index < -0.39 is 0 Å². The number of aryl methyl sites for hydroxylation is 1. The average molecular weight is 472 g/mol. The minimum atomic E-state index is -0.226. The van der Waals surface area contributed by atoms with Crippen molar-refractivity contribution in [2.45, 2.75) is 13.5 Å². The lowest BCUT2D eigenvalue weighted by Gasteiger charge is -2.10. The van der Waals surface area contributed by atoms with Gasteiger partial charge >= 0.3 is 0 Å². The molecule has 29 heavy (non-hydrogen) atoms. The maximum Gasteiger partial charge on any atom is 0.235 e. The second-order valence-electron chi connectivity index (χ2n) is 6.45. The molecular formula is C23H16BrClO4. The highest BCUT2D eigenvalue weighted by Crippen LogP contribution is 2.28. The molecule has 0 amide bonds. The first-order chi connectivity index (χ1) is 14.0. The summed E-state index contributed by atoms with van der Waals surface area (Å²) in [6, 6.07) is 19.8. The Balaban J connectivity index is 1.60. The molecule has 0 atom stereocenters. The Bertz CT molecular complexity index is 1210. The second kappa shape index (κ2) is 8.31. The van der Waals surface area contributed by atoms with Crippen molar-refractivity contribution in [3.63, 3.8) is 0 Å². The van der Waals surface area contributed by atoms with Crippen molar-refractivity contribution in [1.82, 2.24) is 0 Å². The summed E-state index contributed by atoms with van der Waals surface area (Å²) in [5.41, 5.74) is 1.21. The average Bonchev–Trinajstić information content (AvgIpc) is 2.72. The van der Waals surface area contributed by atoms with Crippen LogP contribution in [0.4, 0.5) is 0 Å². The molecule has 0 aliphatic heterocycles. The van der Waals surface area contributed by atoms with E-state index in [1.165, 1.54) is 0 Å². The fourth-order valence-electron chi connectivity index (χ4n) is 2.84. The summed E-state index contributed by atoms with van der Waals surface area (Å²) in [5.74, 6) is 1.75. The fraction of sp³-hybridized carbons (Fsp3) is 0.0870. The molecule has 0 saturated carbocycles. The summed E-state index contributed by atoms with van der Waals surface area (Å²) >= 11 is 9.28. The molecule has 0 radical (unpaired) electrons. The van der Waals surface area contributed by atoms with Crippen LogP contribution in [-0.2, 0) is 6.61 Å². The Hall–Kier alpha value is -2.76. The van der Waals surface area contributed by atoms with E-state index >= 15 is 0 Å². The highest BCUT2D eigenvalue weighted by atomic mass is 79.9. The van der Waals surface area contributed by atoms with Crippen molar-refractivity contribution in [2.75, 3.05) is 0 Å². The van der Waals surface area contributed by atoms with Gasteiger partial charge in [-0.3, -0.25) is 4.79 Å². The molecule has 3 aromatic carbocycles. The summed E-state index contributed by atoms with van der Waals surface area (Å²) in [6.45, 7) is 2.09. The van der Waals surface area contributed by atoms with E-state index in [1.807, 2.05) is 36.4 Å². The minimum absolute atomic E-state index is 0.176. The van der Waals surface area contributed by atoms with Crippen LogP contribution >= 0.6 is 27.5 Å². The zero-order valence-corrected chi connectivity index (χ0v) is 17.8. The predicted molar refractivity (Wildman–Crippen MR) is 117 cm³/mol. The van der Waals surface area contributed by atoms with Gasteiger partial charge in [0.2, 0.25) is 11.2 Å². The monoisotopic (exact) mass is 470 g/mol. The maximum absolute atomic E-state index is 12.9. The molecule has 0 aliphatic rings. The molecule has 4 nitrogen and oxygen atoms in total. The van der Waals surface area contributed by atoms with Gasteiger partial charge in [0, 0.05) is 15.6 Å². The topological polar surface area (TPSA) is 48.7 Å². The zero-order valence-electron chi connectivity index (χ0n) is 15.4. The van der Waals surface area contributed by atoms with Gasteiger partial charge in [0.05, 0.1) is 5.39 Å². The Morgan fingerprint density at radius 3 is 2.38 bits per heavy atom. The van der Waals surface area contributed by atoms with E-state index in [9.17, 15) is 4.79 Å². The van der Waals surface area contributed by atoms with Crippen LogP contribution in [0.5, 0.6) is 17.2 Å². The van der Waals surface area contributed by atoms with Crippen LogP contribution in [0.25, 0.3) is 11.0 Å². The van der Waals surface area contributed by atoms with Gasteiger partial charge in [0.15, 0.2) is 0 Å². The van der Waals surface area contributed by atoms with Crippen molar-refractivity contribution in [2.24, 2.45) is 0 Å². The number of hydrogen-bond donors (Lipinski definition) is 0. The molecule has 1 aromatic heterocycles. The predicted octanol–water partition coefficient (Wildman–Crippen LogP) is 6.89. The van der Waals surface area contributed by atoms with Crippen LogP contribution in [0.15, 0.2) is 80.4 Å². The van der Waals surface area contributed by atoms with Gasteiger partial charge in [-0.1, -0.05) is 39.7 Å². The molecule has 0 unspecified atom stereocenters. The van der Waals surface area contributed by atoms with Gasteiger partial charge in [-0.15, -0.1) is 0 Å². The third-order valence-corrected chi connectivity index (χ3v) is 5.12. The number of rotatable bonds is 5. The van der Waals surface area contributed by atoms with E-state index in [1.54, 1.807) is 37.3 Å². The quantitative estimate of drug-likeness (QED) is 0.318. The summed E-state index contributed by atoms with van der Waals surface area (Å²) < 4.78 is 18.4. The largest absolute Gasteiger partial charge is 0.489 e. The van der Waals surface area contributed by atoms with Crippen molar-refractivity contribution in [3.8, 4) is 17.2 Å². The maximum atomic E-state index is 12.9. The van der Waals surface area contributed by atoms with Gasteiger partial charge in [-0.2, -0.15) is 0 Å². The molecule has 0 spiro atoms. The van der Waals surface area contributed by atoms with Crippen LogP contribution < -0.4 is 14.9 Å². The van der Waals surface area contributed by atoms with Gasteiger partial charge in [0.1, 0.15) is 29.4 Å². The van der Waals surface area contributed by atoms with E-state index in [0.717, 1.165) is 10.0 Å². The lowest BCUT2D eigenvalue weighted by Crippen LogP contribution is -2.07. The first-order valence-electron chi connectivity index (χ1n) is 8.88. The SMILES string of the molecule is Cc1oc2cc(OCc3ccc(Cl)cc3)ccc2c(=O)c1Oc1ccc(Br)cc1. The number of benzene rings is 3. The third kappa shape index (κ3) is 4.47. The number of fused-ring (bicyclic) bond motifs is 1. The zero-order chi connectivity index (χ0) is 20.4. The first-order valence-corrected chi connectivity index (χ1v) is 10.0. The van der Waals surface area contributed by atoms with Crippen LogP contribution in [0.3, 0.4) is 0 Å². The smallest absolute Gasteiger partial charge is 0.235 e. The van der Waals surface area contributed by atoms with E-state index in [-0.39, 0.29) is 11.2 Å². The van der Waals surface area contributed by atoms with Gasteiger partial charge in [0.25, 0.3) is 0 Å². The number of halogens is 2. The number of ether oxygens (including phenoxy) is 2. The third-order valence-electron chi connectivity index (χ3n) is 4.34. The lowest BCUT2D eigenvalue weighted by molar-refractivity contribution is 0.306. The molecule has 6 heteroatoms. The summed E-state index contributed by atoms with van der Waals surface area (Å²) in [4.78, 5) is 12.9. The highest BCUT2D eigenvalue weighted by molar-refractivity contribution is 9.10. The molecule has 0 fully saturated rings. The summed E-state index contributed by atoms with van der Waals surface area (Å²) in [6.07, 6.45) is 0. The van der Waals surface area contributed by atoms with Crippen LogP contribution in [-0.4, -0.2) is 0 Å². The van der Waals surface area contributed by atoms with Crippen molar-refractivity contribution < 1.29 is 13.9 Å². The molecular weight excluding hydrogens is 456 g/mol. The Morgan fingerprint density at radius 2 is 1.66 bits per heavy atom. The van der Waals surface area contributed by atoms with E-state index in [4.69, 9.17) is 25.5 Å². The van der Waals surface area contributed by atoms with Gasteiger partial charge < -0.3 is 13.9 Å². The molecule has 0 N–H and O–H groups in total. The lowest BCUT2D eigenvalue weighted by atomic mass is 10.2. The normalized spacial score (nSPS) is 10.9. The molecule has 4 aromatic rings. The Kier molecular flexibility index (Phi) is 5.60. The van der Waals surface area contributed by atoms with Crippen LogP contribution in [0.1, 0.15) is 11.3 Å². The molecule has 0 saturated heterocycles. The fourth-order valence-corrected chi connectivity index (χ4v) is 3.23. The summed E-state index contributed by atoms with van der Waals surface area (Å²) in [5, 5.41) is 1.11. The summed E-state index contributed by atoms with van der Waals surface area (Å²) in [7, 11) is 0. The standard InChI is InChI=1S/C23H16BrClO4/c1-14-23(29-18-8-4-16(24)5-9-18)22(26)20-11-10-19(12-21(20)28-14)27-13-15-2-6-17(25)7-3-15/h2-12H,13H2,1H3. The first kappa shape index (κ1) is 19.6. The van der Waals surface area contributed by atoms with Gasteiger partial charge in [-0.25, -0.2) is 0 Å². The second-order valence-corrected chi connectivity index (χ2v) is 7.80. The molecule has 1 heterocycles. The Labute approximate surface area is 180 Å². The van der Waals surface area contributed by atoms with Crippen LogP contribution in [0.2, 0.25) is 5.02 Å². The molecule has 0 aliphatic carbocycles. The van der Waals surface area contributed by atoms with Crippen molar-refractivity contribution in [1.29, 1.82) is 0 Å². The highest BCUT2D eigenvalue weighted by Gasteiger charge is 2.14. The van der Waals surface area contributed by atoms with Gasteiger partial charge in [-0.05, 0) is 61.0 Å².